The van der Waals surface area contributed by atoms with Gasteiger partial charge in [0.15, 0.2) is 18.3 Å². The van der Waals surface area contributed by atoms with E-state index >= 15 is 0 Å². The fourth-order valence-electron chi connectivity index (χ4n) is 3.09. The van der Waals surface area contributed by atoms with Crippen molar-refractivity contribution in [1.82, 2.24) is 15.2 Å². The van der Waals surface area contributed by atoms with Crippen LogP contribution >= 0.6 is 11.3 Å². The van der Waals surface area contributed by atoms with Gasteiger partial charge in [-0.1, -0.05) is 36.8 Å². The molecular formula is C23H23N3O4S. The van der Waals surface area contributed by atoms with Crippen molar-refractivity contribution in [2.24, 2.45) is 0 Å². The summed E-state index contributed by atoms with van der Waals surface area (Å²) in [4.78, 5) is 18.5. The molecular weight excluding hydrogens is 414 g/mol. The lowest BCUT2D eigenvalue weighted by Crippen LogP contribution is -2.06. The van der Waals surface area contributed by atoms with Gasteiger partial charge in [0.05, 0.1) is 17.5 Å². The average Bonchev–Trinajstić information content (AvgIpc) is 3.51. The van der Waals surface area contributed by atoms with Gasteiger partial charge in [0.25, 0.3) is 11.8 Å². The van der Waals surface area contributed by atoms with E-state index in [0.29, 0.717) is 24.0 Å². The van der Waals surface area contributed by atoms with E-state index in [1.165, 1.54) is 16.0 Å². The quantitative estimate of drug-likeness (QED) is 0.345. The summed E-state index contributed by atoms with van der Waals surface area (Å²) in [5, 5.41) is 8.03. The molecule has 160 valence electrons. The van der Waals surface area contributed by atoms with E-state index in [0.717, 1.165) is 16.9 Å². The lowest BCUT2D eigenvalue weighted by Gasteiger charge is -2.00. The molecule has 0 aliphatic carbocycles. The molecule has 1 aromatic carbocycles. The maximum Gasteiger partial charge on any atom is 0.306 e. The van der Waals surface area contributed by atoms with Crippen molar-refractivity contribution >= 4 is 17.3 Å². The molecule has 0 amide bonds. The van der Waals surface area contributed by atoms with Crippen molar-refractivity contribution < 1.29 is 18.4 Å². The van der Waals surface area contributed by atoms with Gasteiger partial charge in [-0.2, -0.15) is 0 Å². The van der Waals surface area contributed by atoms with E-state index in [2.05, 4.69) is 29.0 Å². The summed E-state index contributed by atoms with van der Waals surface area (Å²) in [7, 11) is 0. The van der Waals surface area contributed by atoms with E-state index in [9.17, 15) is 4.79 Å². The summed E-state index contributed by atoms with van der Waals surface area (Å²) < 4.78 is 16.6. The van der Waals surface area contributed by atoms with Gasteiger partial charge in [0.2, 0.25) is 0 Å². The number of thiophene rings is 1. The molecule has 0 spiro atoms. The predicted molar refractivity (Wildman–Crippen MR) is 117 cm³/mol. The Bertz CT molecular complexity index is 1170. The highest BCUT2D eigenvalue weighted by Crippen LogP contribution is 2.30. The van der Waals surface area contributed by atoms with E-state index in [-0.39, 0.29) is 24.9 Å². The molecule has 4 rings (SSSR count). The zero-order valence-electron chi connectivity index (χ0n) is 17.7. The number of hydrogen-bond acceptors (Lipinski definition) is 8. The Labute approximate surface area is 184 Å². The molecule has 0 aliphatic heterocycles. The number of esters is 1. The Kier molecular flexibility index (Phi) is 6.27. The summed E-state index contributed by atoms with van der Waals surface area (Å²) in [6, 6.07) is 10.0. The lowest BCUT2D eigenvalue weighted by molar-refractivity contribution is -0.145. The Balaban J connectivity index is 1.27. The smallest absolute Gasteiger partial charge is 0.306 e. The Morgan fingerprint density at radius 2 is 1.90 bits per heavy atom. The van der Waals surface area contributed by atoms with Crippen LogP contribution in [0.15, 0.2) is 45.4 Å². The number of nitrogens with zero attached hydrogens (tertiary/aromatic N) is 3. The molecule has 0 atom stereocenters. The van der Waals surface area contributed by atoms with E-state index in [4.69, 9.17) is 13.6 Å². The maximum absolute atomic E-state index is 12.1. The van der Waals surface area contributed by atoms with E-state index in [1.807, 2.05) is 37.3 Å². The molecule has 0 unspecified atom stereocenters. The van der Waals surface area contributed by atoms with Crippen LogP contribution in [0.1, 0.15) is 41.1 Å². The molecule has 7 nitrogen and oxygen atoms in total. The largest absolute Gasteiger partial charge is 0.456 e. The number of carbonyl (C=O) groups is 1. The molecule has 0 bridgehead atoms. The van der Waals surface area contributed by atoms with Crippen LogP contribution < -0.4 is 0 Å². The van der Waals surface area contributed by atoms with Crippen LogP contribution in [0.25, 0.3) is 22.1 Å². The highest BCUT2D eigenvalue weighted by molar-refractivity contribution is 7.15. The molecule has 31 heavy (non-hydrogen) atoms. The number of hydrogen-bond donors (Lipinski definition) is 0. The van der Waals surface area contributed by atoms with Gasteiger partial charge < -0.3 is 13.6 Å². The SMILES string of the molecule is CCc1sc(-c2nnc(COC(=O)CCc3ncc(-c4ccc(C)cc4)o3)o2)cc1C. The number of aryl methyl sites for hydroxylation is 4. The van der Waals surface area contributed by atoms with E-state index < -0.39 is 0 Å². The van der Waals surface area contributed by atoms with Crippen molar-refractivity contribution in [3.63, 3.8) is 0 Å². The monoisotopic (exact) mass is 437 g/mol. The number of rotatable bonds is 8. The van der Waals surface area contributed by atoms with Crippen LogP contribution in [-0.4, -0.2) is 21.2 Å². The Morgan fingerprint density at radius 1 is 1.10 bits per heavy atom. The minimum absolute atomic E-state index is 0.0585. The van der Waals surface area contributed by atoms with Gasteiger partial charge in [0.1, 0.15) is 0 Å². The van der Waals surface area contributed by atoms with Crippen LogP contribution in [0.2, 0.25) is 0 Å². The minimum Gasteiger partial charge on any atom is -0.456 e. The molecule has 0 radical (unpaired) electrons. The molecule has 4 aromatic rings. The first kappa shape index (κ1) is 21.0. The Morgan fingerprint density at radius 3 is 2.65 bits per heavy atom. The third-order valence-electron chi connectivity index (χ3n) is 4.81. The fourth-order valence-corrected chi connectivity index (χ4v) is 4.12. The Hall–Kier alpha value is -3.26. The molecule has 3 heterocycles. The number of oxazole rings is 1. The molecule has 0 saturated carbocycles. The van der Waals surface area contributed by atoms with Crippen molar-refractivity contribution in [1.29, 1.82) is 0 Å². The number of benzene rings is 1. The van der Waals surface area contributed by atoms with Gasteiger partial charge in [-0.25, -0.2) is 4.98 Å². The normalized spacial score (nSPS) is 11.1. The van der Waals surface area contributed by atoms with Crippen LogP contribution in [-0.2, 0) is 29.0 Å². The topological polar surface area (TPSA) is 91.2 Å². The fraction of sp³-hybridized carbons (Fsp3) is 0.304. The third-order valence-corrected chi connectivity index (χ3v) is 6.18. The second-order valence-corrected chi connectivity index (χ2v) is 8.35. The van der Waals surface area contributed by atoms with Crippen molar-refractivity contribution in [3.05, 3.63) is 64.3 Å². The highest BCUT2D eigenvalue weighted by Gasteiger charge is 2.15. The molecule has 0 saturated heterocycles. The zero-order valence-corrected chi connectivity index (χ0v) is 18.5. The number of aromatic nitrogens is 3. The third kappa shape index (κ3) is 5.08. The first-order valence-electron chi connectivity index (χ1n) is 10.1. The zero-order chi connectivity index (χ0) is 21.8. The van der Waals surface area contributed by atoms with Gasteiger partial charge in [0, 0.05) is 16.9 Å². The van der Waals surface area contributed by atoms with Crippen LogP contribution in [0.5, 0.6) is 0 Å². The number of carbonyl (C=O) groups excluding carboxylic acids is 1. The first-order chi connectivity index (χ1) is 15.0. The summed E-state index contributed by atoms with van der Waals surface area (Å²) in [5.41, 5.74) is 3.34. The second-order valence-electron chi connectivity index (χ2n) is 7.22. The number of ether oxygens (including phenoxy) is 1. The summed E-state index contributed by atoms with van der Waals surface area (Å²) >= 11 is 1.64. The predicted octanol–water partition coefficient (Wildman–Crippen LogP) is 5.31. The van der Waals surface area contributed by atoms with Crippen LogP contribution in [0.3, 0.4) is 0 Å². The molecule has 8 heteroatoms. The summed E-state index contributed by atoms with van der Waals surface area (Å²) in [6.45, 7) is 6.15. The minimum atomic E-state index is -0.380. The molecule has 0 N–H and O–H groups in total. The molecule has 0 fully saturated rings. The van der Waals surface area contributed by atoms with Crippen molar-refractivity contribution in [3.8, 4) is 22.1 Å². The van der Waals surface area contributed by atoms with Gasteiger partial charge in [-0.3, -0.25) is 4.79 Å². The first-order valence-corrected chi connectivity index (χ1v) is 10.9. The van der Waals surface area contributed by atoms with Gasteiger partial charge in [-0.15, -0.1) is 21.5 Å². The highest BCUT2D eigenvalue weighted by atomic mass is 32.1. The second kappa shape index (κ2) is 9.26. The van der Waals surface area contributed by atoms with Crippen molar-refractivity contribution in [2.45, 2.75) is 46.6 Å². The van der Waals surface area contributed by atoms with Gasteiger partial charge in [-0.05, 0) is 31.9 Å². The maximum atomic E-state index is 12.1. The van der Waals surface area contributed by atoms with Crippen LogP contribution in [0, 0.1) is 13.8 Å². The molecule has 3 aromatic heterocycles. The average molecular weight is 438 g/mol. The van der Waals surface area contributed by atoms with Gasteiger partial charge >= 0.3 is 5.97 Å². The van der Waals surface area contributed by atoms with Crippen LogP contribution in [0.4, 0.5) is 0 Å². The summed E-state index contributed by atoms with van der Waals surface area (Å²) in [5.74, 6) is 1.51. The van der Waals surface area contributed by atoms with E-state index in [1.54, 1.807) is 17.5 Å². The molecule has 0 aliphatic rings. The van der Waals surface area contributed by atoms with Crippen molar-refractivity contribution in [2.75, 3.05) is 0 Å². The lowest BCUT2D eigenvalue weighted by atomic mass is 10.1. The standard InChI is InChI=1S/C23H23N3O4S/c1-4-18-15(3)11-19(31-18)23-26-25-21(30-23)13-28-22(27)10-9-20-24-12-17(29-20)16-7-5-14(2)6-8-16/h5-8,11-12H,4,9-10,13H2,1-3H3. The summed E-state index contributed by atoms with van der Waals surface area (Å²) in [6.07, 6.45) is 3.14.